The molecule has 0 saturated carbocycles. The Hall–Kier alpha value is -3.46. The van der Waals surface area contributed by atoms with Crippen molar-refractivity contribution in [3.63, 3.8) is 0 Å². The molecule has 142 valence electrons. The molecular formula is C26H20FNO. The van der Waals surface area contributed by atoms with E-state index in [2.05, 4.69) is 49.2 Å². The van der Waals surface area contributed by atoms with Crippen LogP contribution in [0.4, 0.5) is 4.39 Å². The molecule has 2 heterocycles. The Morgan fingerprint density at radius 2 is 1.59 bits per heavy atom. The highest BCUT2D eigenvalue weighted by atomic mass is 19.1. The molecule has 0 aliphatic carbocycles. The Balaban J connectivity index is 1.71. The number of para-hydroxylation sites is 1. The van der Waals surface area contributed by atoms with Crippen molar-refractivity contribution >= 4 is 21.9 Å². The Labute approximate surface area is 168 Å². The summed E-state index contributed by atoms with van der Waals surface area (Å²) in [6.45, 7) is 4.39. The van der Waals surface area contributed by atoms with Crippen LogP contribution in [-0.4, -0.2) is 4.98 Å². The topological polar surface area (TPSA) is 26.0 Å². The molecule has 0 spiro atoms. The fraction of sp³-hybridized carbons (Fsp3) is 0.115. The average molecular weight is 381 g/mol. The van der Waals surface area contributed by atoms with Crippen molar-refractivity contribution in [2.24, 2.45) is 0 Å². The number of furan rings is 1. The summed E-state index contributed by atoms with van der Waals surface area (Å²) in [6.07, 6.45) is 1.81. The van der Waals surface area contributed by atoms with Gasteiger partial charge in [-0.15, -0.1) is 0 Å². The smallest absolute Gasteiger partial charge is 0.147 e. The van der Waals surface area contributed by atoms with Gasteiger partial charge in [-0.25, -0.2) is 4.39 Å². The summed E-state index contributed by atoms with van der Waals surface area (Å²) in [5.41, 5.74) is 4.96. The van der Waals surface area contributed by atoms with Gasteiger partial charge in [-0.2, -0.15) is 0 Å². The van der Waals surface area contributed by atoms with Crippen molar-refractivity contribution in [2.75, 3.05) is 0 Å². The molecule has 29 heavy (non-hydrogen) atoms. The summed E-state index contributed by atoms with van der Waals surface area (Å²) in [7, 11) is 0. The maximum absolute atomic E-state index is 14.7. The zero-order valence-corrected chi connectivity index (χ0v) is 16.3. The highest BCUT2D eigenvalue weighted by Gasteiger charge is 2.24. The van der Waals surface area contributed by atoms with Gasteiger partial charge >= 0.3 is 0 Å². The summed E-state index contributed by atoms with van der Waals surface area (Å²) in [4.78, 5) is 4.58. The van der Waals surface area contributed by atoms with Gasteiger partial charge in [-0.3, -0.25) is 4.98 Å². The van der Waals surface area contributed by atoms with Gasteiger partial charge in [0.1, 0.15) is 17.0 Å². The molecular weight excluding hydrogens is 361 g/mol. The third kappa shape index (κ3) is 2.82. The summed E-state index contributed by atoms with van der Waals surface area (Å²) in [5.74, 6) is -0.283. The minimum absolute atomic E-state index is 0.189. The Bertz CT molecular complexity index is 1340. The van der Waals surface area contributed by atoms with Crippen molar-refractivity contribution < 1.29 is 8.81 Å². The third-order valence-electron chi connectivity index (χ3n) is 5.73. The van der Waals surface area contributed by atoms with Crippen LogP contribution in [0.15, 0.2) is 89.5 Å². The Kier molecular flexibility index (Phi) is 3.99. The van der Waals surface area contributed by atoms with Crippen LogP contribution in [-0.2, 0) is 5.41 Å². The van der Waals surface area contributed by atoms with E-state index in [0.717, 1.165) is 22.2 Å². The van der Waals surface area contributed by atoms with Crippen LogP contribution in [0.3, 0.4) is 0 Å². The molecule has 0 saturated heterocycles. The van der Waals surface area contributed by atoms with E-state index in [-0.39, 0.29) is 11.2 Å². The van der Waals surface area contributed by atoms with E-state index in [1.165, 1.54) is 11.6 Å². The number of hydrogen-bond donors (Lipinski definition) is 0. The normalized spacial score (nSPS) is 12.0. The van der Waals surface area contributed by atoms with Crippen molar-refractivity contribution in [1.82, 2.24) is 4.98 Å². The quantitative estimate of drug-likeness (QED) is 0.333. The van der Waals surface area contributed by atoms with Crippen molar-refractivity contribution in [3.8, 4) is 11.3 Å². The highest BCUT2D eigenvalue weighted by Crippen LogP contribution is 2.38. The molecule has 0 aliphatic rings. The van der Waals surface area contributed by atoms with Gasteiger partial charge in [0.2, 0.25) is 0 Å². The predicted molar refractivity (Wildman–Crippen MR) is 115 cm³/mol. The number of rotatable bonds is 3. The number of hydrogen-bond acceptors (Lipinski definition) is 2. The molecule has 3 heteroatoms. The van der Waals surface area contributed by atoms with E-state index in [1.54, 1.807) is 6.07 Å². The predicted octanol–water partition coefficient (Wildman–Crippen LogP) is 7.11. The summed E-state index contributed by atoms with van der Waals surface area (Å²) in [6, 6.07) is 25.3. The second-order valence-corrected chi connectivity index (χ2v) is 7.82. The fourth-order valence-corrected chi connectivity index (χ4v) is 3.98. The lowest BCUT2D eigenvalue weighted by atomic mass is 9.78. The molecule has 0 bridgehead atoms. The number of nitrogens with zero attached hydrogens (tertiary/aromatic N) is 1. The van der Waals surface area contributed by atoms with E-state index >= 15 is 0 Å². The molecule has 0 atom stereocenters. The van der Waals surface area contributed by atoms with Crippen LogP contribution in [0.25, 0.3) is 33.2 Å². The number of halogens is 1. The number of fused-ring (bicyclic) bond motifs is 3. The SMILES string of the molecule is CC(C)(c1ccccc1)c1ccnc(-c2ccc(F)c3c2oc2ccccc23)c1. The van der Waals surface area contributed by atoms with Crippen LogP contribution in [0, 0.1) is 5.82 Å². The lowest BCUT2D eigenvalue weighted by molar-refractivity contribution is 0.633. The molecule has 2 aromatic heterocycles. The zero-order chi connectivity index (χ0) is 20.0. The van der Waals surface area contributed by atoms with Gasteiger partial charge in [-0.05, 0) is 41.5 Å². The molecule has 0 N–H and O–H groups in total. The molecule has 2 nitrogen and oxygen atoms in total. The molecule has 3 aromatic carbocycles. The molecule has 0 aliphatic heterocycles. The molecule has 5 aromatic rings. The van der Waals surface area contributed by atoms with Crippen molar-refractivity contribution in [1.29, 1.82) is 0 Å². The lowest BCUT2D eigenvalue weighted by Crippen LogP contribution is -2.18. The van der Waals surface area contributed by atoms with Gasteiger partial charge in [0, 0.05) is 22.6 Å². The maximum Gasteiger partial charge on any atom is 0.147 e. The monoisotopic (exact) mass is 381 g/mol. The van der Waals surface area contributed by atoms with E-state index in [1.807, 2.05) is 42.6 Å². The van der Waals surface area contributed by atoms with Gasteiger partial charge in [0.25, 0.3) is 0 Å². The van der Waals surface area contributed by atoms with Crippen LogP contribution in [0.2, 0.25) is 0 Å². The van der Waals surface area contributed by atoms with Crippen LogP contribution in [0.1, 0.15) is 25.0 Å². The number of aromatic nitrogens is 1. The fourth-order valence-electron chi connectivity index (χ4n) is 3.98. The first-order valence-corrected chi connectivity index (χ1v) is 9.68. The molecule has 0 unspecified atom stereocenters. The van der Waals surface area contributed by atoms with Gasteiger partial charge in [0.15, 0.2) is 0 Å². The number of pyridine rings is 1. The van der Waals surface area contributed by atoms with Crippen LogP contribution in [0.5, 0.6) is 0 Å². The van der Waals surface area contributed by atoms with Crippen molar-refractivity contribution in [2.45, 2.75) is 19.3 Å². The van der Waals surface area contributed by atoms with Crippen molar-refractivity contribution in [3.05, 3.63) is 102 Å². The molecule has 0 radical (unpaired) electrons. The van der Waals surface area contributed by atoms with Gasteiger partial charge < -0.3 is 4.42 Å². The Morgan fingerprint density at radius 1 is 0.828 bits per heavy atom. The van der Waals surface area contributed by atoms with Crippen LogP contribution < -0.4 is 0 Å². The van der Waals surface area contributed by atoms with Crippen LogP contribution >= 0.6 is 0 Å². The van der Waals surface area contributed by atoms with Gasteiger partial charge in [-0.1, -0.05) is 62.4 Å². The standard InChI is InChI=1S/C26H20FNO/c1-26(2,17-8-4-3-5-9-17)18-14-15-28-22(16-18)19-12-13-21(27)24-20-10-6-7-11-23(20)29-25(19)24/h3-16H,1-2H3. The number of benzene rings is 3. The molecule has 0 fully saturated rings. The minimum atomic E-state index is -0.283. The minimum Gasteiger partial charge on any atom is -0.455 e. The van der Waals surface area contributed by atoms with E-state index < -0.39 is 0 Å². The third-order valence-corrected chi connectivity index (χ3v) is 5.73. The summed E-state index contributed by atoms with van der Waals surface area (Å²) < 4.78 is 20.7. The molecule has 0 amide bonds. The van der Waals surface area contributed by atoms with E-state index in [4.69, 9.17) is 4.42 Å². The second kappa shape index (κ2) is 6.56. The summed E-state index contributed by atoms with van der Waals surface area (Å²) >= 11 is 0. The largest absolute Gasteiger partial charge is 0.455 e. The average Bonchev–Trinajstić information content (AvgIpc) is 3.15. The highest BCUT2D eigenvalue weighted by molar-refractivity contribution is 6.09. The van der Waals surface area contributed by atoms with E-state index in [0.29, 0.717) is 16.6 Å². The zero-order valence-electron chi connectivity index (χ0n) is 16.3. The second-order valence-electron chi connectivity index (χ2n) is 7.82. The first-order chi connectivity index (χ1) is 14.1. The lowest BCUT2D eigenvalue weighted by Gasteiger charge is -2.26. The summed E-state index contributed by atoms with van der Waals surface area (Å²) in [5, 5.41) is 1.29. The Morgan fingerprint density at radius 3 is 2.41 bits per heavy atom. The van der Waals surface area contributed by atoms with E-state index in [9.17, 15) is 4.39 Å². The first-order valence-electron chi connectivity index (χ1n) is 9.68. The maximum atomic E-state index is 14.7. The van der Waals surface area contributed by atoms with Gasteiger partial charge in [0.05, 0.1) is 11.1 Å². The first kappa shape index (κ1) is 17.6. The molecule has 5 rings (SSSR count).